The molecule has 0 atom stereocenters. The van der Waals surface area contributed by atoms with Crippen LogP contribution in [-0.4, -0.2) is 36.4 Å². The Balaban J connectivity index is 1.21. The molecule has 1 aliphatic heterocycles. The second-order valence-electron chi connectivity index (χ2n) is 7.88. The van der Waals surface area contributed by atoms with Gasteiger partial charge in [0, 0.05) is 18.8 Å². The highest BCUT2D eigenvalue weighted by Gasteiger charge is 2.23. The number of carbonyl (C=O) groups excluding carboxylic acids is 2. The summed E-state index contributed by atoms with van der Waals surface area (Å²) in [6, 6.07) is 20.4. The third-order valence-corrected chi connectivity index (χ3v) is 5.99. The number of para-hydroxylation sites is 1. The molecule has 7 heteroatoms. The fraction of sp³-hybridized carbons (Fsp3) is 0.280. The van der Waals surface area contributed by atoms with Crippen LogP contribution in [0.3, 0.4) is 0 Å². The van der Waals surface area contributed by atoms with Gasteiger partial charge in [0.2, 0.25) is 5.91 Å². The average molecular weight is 497 g/mol. The number of halogens is 1. The van der Waals surface area contributed by atoms with Crippen LogP contribution in [0.4, 0.5) is 5.69 Å². The van der Waals surface area contributed by atoms with E-state index in [1.807, 2.05) is 47.4 Å². The van der Waals surface area contributed by atoms with Gasteiger partial charge in [-0.05, 0) is 76.7 Å². The van der Waals surface area contributed by atoms with Gasteiger partial charge in [-0.1, -0.05) is 30.3 Å². The number of carbonyl (C=O) groups is 2. The van der Waals surface area contributed by atoms with Crippen molar-refractivity contribution in [1.29, 1.82) is 0 Å². The Hall–Kier alpha value is -3.06. The fourth-order valence-electron chi connectivity index (χ4n) is 3.70. The van der Waals surface area contributed by atoms with E-state index >= 15 is 0 Å². The molecule has 1 fully saturated rings. The quantitative estimate of drug-likeness (QED) is 0.490. The summed E-state index contributed by atoms with van der Waals surface area (Å²) in [6.07, 6.45) is 2.25. The summed E-state index contributed by atoms with van der Waals surface area (Å²) in [5.41, 5.74) is 1.57. The van der Waals surface area contributed by atoms with Gasteiger partial charge in [-0.25, -0.2) is 0 Å². The Morgan fingerprint density at radius 1 is 1.00 bits per heavy atom. The Morgan fingerprint density at radius 3 is 2.38 bits per heavy atom. The van der Waals surface area contributed by atoms with E-state index in [-0.39, 0.29) is 17.6 Å². The summed E-state index contributed by atoms with van der Waals surface area (Å²) < 4.78 is 11.6. The lowest BCUT2D eigenvalue weighted by Crippen LogP contribution is -2.40. The van der Waals surface area contributed by atoms with Gasteiger partial charge in [0.25, 0.3) is 5.91 Å². The van der Waals surface area contributed by atoms with Crippen molar-refractivity contribution >= 4 is 33.4 Å². The van der Waals surface area contributed by atoms with E-state index in [1.165, 1.54) is 0 Å². The second kappa shape index (κ2) is 10.5. The number of hydrogen-bond acceptors (Lipinski definition) is 4. The fourth-order valence-corrected chi connectivity index (χ4v) is 4.01. The van der Waals surface area contributed by atoms with Crippen LogP contribution in [0, 0.1) is 5.92 Å². The first-order valence-electron chi connectivity index (χ1n) is 10.7. The molecule has 2 heterocycles. The highest BCUT2D eigenvalue weighted by Crippen LogP contribution is 2.21. The molecule has 4 rings (SSSR count). The lowest BCUT2D eigenvalue weighted by atomic mass is 9.97. The normalized spacial score (nSPS) is 14.2. The van der Waals surface area contributed by atoms with Crippen molar-refractivity contribution in [3.8, 4) is 5.75 Å². The first kappa shape index (κ1) is 22.1. The van der Waals surface area contributed by atoms with E-state index in [0.29, 0.717) is 29.3 Å². The summed E-state index contributed by atoms with van der Waals surface area (Å²) in [5, 5.41) is 2.78. The molecule has 0 aliphatic carbocycles. The molecular weight excluding hydrogens is 472 g/mol. The van der Waals surface area contributed by atoms with E-state index in [2.05, 4.69) is 21.2 Å². The summed E-state index contributed by atoms with van der Waals surface area (Å²) in [6.45, 7) is 2.21. The van der Waals surface area contributed by atoms with Crippen molar-refractivity contribution in [2.24, 2.45) is 5.92 Å². The van der Waals surface area contributed by atoms with E-state index in [4.69, 9.17) is 9.15 Å². The largest absolute Gasteiger partial charge is 0.493 e. The molecular formula is C25H25BrN2O4. The molecule has 6 nitrogen and oxygen atoms in total. The summed E-state index contributed by atoms with van der Waals surface area (Å²) in [7, 11) is 0. The molecule has 0 saturated carbocycles. The predicted octanol–water partition coefficient (Wildman–Crippen LogP) is 5.15. The monoisotopic (exact) mass is 496 g/mol. The molecule has 1 aliphatic rings. The molecule has 0 unspecified atom stereocenters. The number of amides is 2. The minimum atomic E-state index is -0.321. The van der Waals surface area contributed by atoms with Crippen LogP contribution in [-0.2, 0) is 11.2 Å². The van der Waals surface area contributed by atoms with Gasteiger partial charge in [-0.2, -0.15) is 0 Å². The number of anilines is 1. The van der Waals surface area contributed by atoms with Crippen molar-refractivity contribution in [1.82, 2.24) is 4.90 Å². The maximum absolute atomic E-state index is 12.7. The number of piperidine rings is 1. The van der Waals surface area contributed by atoms with Gasteiger partial charge < -0.3 is 19.4 Å². The number of likely N-dealkylation sites (tertiary alicyclic amines) is 1. The zero-order valence-corrected chi connectivity index (χ0v) is 19.2. The lowest BCUT2D eigenvalue weighted by Gasteiger charge is -2.32. The maximum Gasteiger partial charge on any atom is 0.291 e. The number of benzene rings is 2. The van der Waals surface area contributed by atoms with E-state index < -0.39 is 0 Å². The predicted molar refractivity (Wildman–Crippen MR) is 126 cm³/mol. The van der Waals surface area contributed by atoms with Gasteiger partial charge >= 0.3 is 0 Å². The van der Waals surface area contributed by atoms with Crippen LogP contribution in [0.25, 0.3) is 0 Å². The molecule has 166 valence electrons. The SMILES string of the molecule is O=C(Nc1ccc(CC(=O)N2CCC(COc3ccccc3)CC2)cc1)c1ccc(Br)o1. The third kappa shape index (κ3) is 6.01. The van der Waals surface area contributed by atoms with Crippen molar-refractivity contribution in [2.45, 2.75) is 19.3 Å². The van der Waals surface area contributed by atoms with E-state index in [0.717, 1.165) is 37.2 Å². The lowest BCUT2D eigenvalue weighted by molar-refractivity contribution is -0.132. The summed E-state index contributed by atoms with van der Waals surface area (Å²) in [4.78, 5) is 26.8. The Bertz CT molecular complexity index is 1040. The van der Waals surface area contributed by atoms with Crippen LogP contribution in [0.15, 0.2) is 75.8 Å². The molecule has 3 aromatic rings. The molecule has 32 heavy (non-hydrogen) atoms. The average Bonchev–Trinajstić information content (AvgIpc) is 3.26. The van der Waals surface area contributed by atoms with Crippen LogP contribution in [0.1, 0.15) is 29.0 Å². The highest BCUT2D eigenvalue weighted by atomic mass is 79.9. The van der Waals surface area contributed by atoms with Crippen LogP contribution in [0.5, 0.6) is 5.75 Å². The van der Waals surface area contributed by atoms with Gasteiger partial charge in [-0.3, -0.25) is 9.59 Å². The minimum Gasteiger partial charge on any atom is -0.493 e. The van der Waals surface area contributed by atoms with Crippen molar-refractivity contribution in [3.05, 3.63) is 82.7 Å². The van der Waals surface area contributed by atoms with Crippen LogP contribution >= 0.6 is 15.9 Å². The number of rotatable bonds is 7. The third-order valence-electron chi connectivity index (χ3n) is 5.56. The molecule has 0 spiro atoms. The van der Waals surface area contributed by atoms with Gasteiger partial charge in [0.05, 0.1) is 13.0 Å². The number of hydrogen-bond donors (Lipinski definition) is 1. The minimum absolute atomic E-state index is 0.129. The smallest absolute Gasteiger partial charge is 0.291 e. The first-order valence-corrected chi connectivity index (χ1v) is 11.5. The van der Waals surface area contributed by atoms with Gasteiger partial charge in [0.1, 0.15) is 5.75 Å². The van der Waals surface area contributed by atoms with Crippen molar-refractivity contribution in [3.63, 3.8) is 0 Å². The van der Waals surface area contributed by atoms with E-state index in [1.54, 1.807) is 24.3 Å². The molecule has 0 radical (unpaired) electrons. The second-order valence-corrected chi connectivity index (χ2v) is 8.66. The van der Waals surface area contributed by atoms with Crippen LogP contribution < -0.4 is 10.1 Å². The number of nitrogens with one attached hydrogen (secondary N) is 1. The zero-order valence-electron chi connectivity index (χ0n) is 17.6. The molecule has 0 bridgehead atoms. The Morgan fingerprint density at radius 2 is 1.72 bits per heavy atom. The van der Waals surface area contributed by atoms with Crippen molar-refractivity contribution < 1.29 is 18.7 Å². The topological polar surface area (TPSA) is 71.8 Å². The Kier molecular flexibility index (Phi) is 7.27. The highest BCUT2D eigenvalue weighted by molar-refractivity contribution is 9.10. The standard InChI is InChI=1S/C25H25BrN2O4/c26-23-11-10-22(32-23)25(30)27-20-8-6-18(7-9-20)16-24(29)28-14-12-19(13-15-28)17-31-21-4-2-1-3-5-21/h1-11,19H,12-17H2,(H,27,30). The molecule has 1 N–H and O–H groups in total. The first-order chi connectivity index (χ1) is 15.6. The Labute approximate surface area is 195 Å². The summed E-state index contributed by atoms with van der Waals surface area (Å²) in [5.74, 6) is 1.40. The van der Waals surface area contributed by atoms with E-state index in [9.17, 15) is 9.59 Å². The summed E-state index contributed by atoms with van der Waals surface area (Å²) >= 11 is 3.18. The van der Waals surface area contributed by atoms with Gasteiger partial charge in [0.15, 0.2) is 10.4 Å². The number of furan rings is 1. The van der Waals surface area contributed by atoms with Gasteiger partial charge in [-0.15, -0.1) is 0 Å². The maximum atomic E-state index is 12.7. The molecule has 1 saturated heterocycles. The molecule has 2 aromatic carbocycles. The van der Waals surface area contributed by atoms with Crippen LogP contribution in [0.2, 0.25) is 0 Å². The molecule has 1 aromatic heterocycles. The number of ether oxygens (including phenoxy) is 1. The molecule has 2 amide bonds. The number of nitrogens with zero attached hydrogens (tertiary/aromatic N) is 1. The van der Waals surface area contributed by atoms with Crippen molar-refractivity contribution in [2.75, 3.05) is 25.0 Å². The zero-order chi connectivity index (χ0) is 22.3.